The number of halogens is 1. The number of hydrogen-bond donors (Lipinski definition) is 0. The van der Waals surface area contributed by atoms with Gasteiger partial charge in [-0.1, -0.05) is 26.0 Å². The van der Waals surface area contributed by atoms with Crippen molar-refractivity contribution < 1.29 is 14.0 Å². The second-order valence-electron chi connectivity index (χ2n) is 9.07. The van der Waals surface area contributed by atoms with Gasteiger partial charge in [0.2, 0.25) is 0 Å². The van der Waals surface area contributed by atoms with Crippen LogP contribution in [0.15, 0.2) is 12.2 Å². The average molecular weight is 318 g/mol. The number of fused-ring (bicyclic) bond motifs is 5. The molecule has 4 fully saturated rings. The molecule has 7 atom stereocenters. The Morgan fingerprint density at radius 2 is 1.87 bits per heavy atom. The van der Waals surface area contributed by atoms with Crippen LogP contribution in [0.3, 0.4) is 0 Å². The number of allylic oxidation sites excluding steroid dienone is 1. The van der Waals surface area contributed by atoms with Crippen LogP contribution in [0.2, 0.25) is 0 Å². The molecule has 4 aliphatic rings. The topological polar surface area (TPSA) is 34.1 Å². The number of carbonyl (C=O) groups is 2. The van der Waals surface area contributed by atoms with E-state index >= 15 is 0 Å². The first-order valence-electron chi connectivity index (χ1n) is 9.15. The van der Waals surface area contributed by atoms with Crippen LogP contribution >= 0.6 is 0 Å². The molecule has 0 N–H and O–H groups in total. The lowest BCUT2D eigenvalue weighted by Crippen LogP contribution is -2.54. The normalized spacial score (nSPS) is 52.8. The lowest BCUT2D eigenvalue weighted by Gasteiger charge is -2.59. The van der Waals surface area contributed by atoms with Gasteiger partial charge in [0.25, 0.3) is 0 Å². The number of ketones is 2. The Balaban J connectivity index is 1.72. The first-order chi connectivity index (χ1) is 10.8. The fourth-order valence-corrected chi connectivity index (χ4v) is 6.68. The minimum absolute atomic E-state index is 0.117. The van der Waals surface area contributed by atoms with E-state index in [0.717, 1.165) is 25.7 Å². The third-order valence-corrected chi connectivity index (χ3v) is 8.14. The molecule has 4 rings (SSSR count). The number of carbonyl (C=O) groups excluding carboxylic acids is 2. The zero-order valence-electron chi connectivity index (χ0n) is 14.2. The second-order valence-corrected chi connectivity index (χ2v) is 9.07. The SMILES string of the molecule is C=C1CC2CC(=O)CCC2(C)C2CCC3(C)C(=O)C(F)CC3C12. The van der Waals surface area contributed by atoms with Crippen molar-refractivity contribution in [1.29, 1.82) is 0 Å². The van der Waals surface area contributed by atoms with E-state index in [0.29, 0.717) is 36.9 Å². The highest BCUT2D eigenvalue weighted by Gasteiger charge is 2.63. The third kappa shape index (κ3) is 1.91. The molecule has 0 heterocycles. The summed E-state index contributed by atoms with van der Waals surface area (Å²) < 4.78 is 14.2. The lowest BCUT2D eigenvalue weighted by molar-refractivity contribution is -0.139. The molecule has 2 nitrogen and oxygen atoms in total. The Kier molecular flexibility index (Phi) is 3.22. The largest absolute Gasteiger partial charge is 0.300 e. The van der Waals surface area contributed by atoms with E-state index in [1.165, 1.54) is 5.57 Å². The van der Waals surface area contributed by atoms with Crippen molar-refractivity contribution in [3.63, 3.8) is 0 Å². The van der Waals surface area contributed by atoms with Gasteiger partial charge in [-0.3, -0.25) is 9.59 Å². The predicted molar refractivity (Wildman–Crippen MR) is 86.5 cm³/mol. The molecular weight excluding hydrogens is 291 g/mol. The minimum atomic E-state index is -1.28. The first-order valence-corrected chi connectivity index (χ1v) is 9.15. The molecule has 0 aromatic carbocycles. The predicted octanol–water partition coefficient (Wildman–Crippen LogP) is 4.28. The van der Waals surface area contributed by atoms with Crippen LogP contribution in [-0.2, 0) is 9.59 Å². The summed E-state index contributed by atoms with van der Waals surface area (Å²) in [4.78, 5) is 24.3. The van der Waals surface area contributed by atoms with Crippen LogP contribution in [0.4, 0.5) is 4.39 Å². The van der Waals surface area contributed by atoms with Crippen molar-refractivity contribution in [3.8, 4) is 0 Å². The number of Topliss-reactive ketones (excluding diaryl/α,β-unsaturated/α-hetero) is 2. The molecule has 0 amide bonds. The Labute approximate surface area is 137 Å². The van der Waals surface area contributed by atoms with Gasteiger partial charge < -0.3 is 0 Å². The van der Waals surface area contributed by atoms with E-state index in [1.54, 1.807) is 0 Å². The van der Waals surface area contributed by atoms with Crippen LogP contribution in [-0.4, -0.2) is 17.7 Å². The van der Waals surface area contributed by atoms with Gasteiger partial charge >= 0.3 is 0 Å². The molecule has 126 valence electrons. The molecule has 0 spiro atoms. The Morgan fingerprint density at radius 1 is 1.13 bits per heavy atom. The van der Waals surface area contributed by atoms with Crippen molar-refractivity contribution in [3.05, 3.63) is 12.2 Å². The maximum atomic E-state index is 14.2. The van der Waals surface area contributed by atoms with Gasteiger partial charge in [0.15, 0.2) is 12.0 Å². The van der Waals surface area contributed by atoms with Gasteiger partial charge in [-0.05, 0) is 61.2 Å². The quantitative estimate of drug-likeness (QED) is 0.625. The summed E-state index contributed by atoms with van der Waals surface area (Å²) in [5.74, 6) is 1.48. The van der Waals surface area contributed by atoms with Crippen molar-refractivity contribution in [2.24, 2.45) is 34.5 Å². The third-order valence-electron chi connectivity index (χ3n) is 8.14. The molecule has 7 unspecified atom stereocenters. The van der Waals surface area contributed by atoms with E-state index < -0.39 is 11.6 Å². The molecule has 0 aromatic heterocycles. The van der Waals surface area contributed by atoms with Gasteiger partial charge in [-0.25, -0.2) is 4.39 Å². The average Bonchev–Trinajstić information content (AvgIpc) is 2.73. The highest BCUT2D eigenvalue weighted by molar-refractivity contribution is 5.91. The molecule has 4 saturated carbocycles. The highest BCUT2D eigenvalue weighted by atomic mass is 19.1. The first kappa shape index (κ1) is 15.5. The fraction of sp³-hybridized carbons (Fsp3) is 0.800. The molecular formula is C20H27FO2. The highest BCUT2D eigenvalue weighted by Crippen LogP contribution is 2.66. The summed E-state index contributed by atoms with van der Waals surface area (Å²) in [5, 5.41) is 0. The number of hydrogen-bond acceptors (Lipinski definition) is 2. The minimum Gasteiger partial charge on any atom is -0.300 e. The monoisotopic (exact) mass is 318 g/mol. The van der Waals surface area contributed by atoms with E-state index in [2.05, 4.69) is 13.5 Å². The zero-order valence-corrected chi connectivity index (χ0v) is 14.2. The molecule has 0 bridgehead atoms. The summed E-state index contributed by atoms with van der Waals surface area (Å²) in [5.41, 5.74) is 0.862. The summed E-state index contributed by atoms with van der Waals surface area (Å²) in [6.07, 6.45) is 4.12. The maximum absolute atomic E-state index is 14.2. The maximum Gasteiger partial charge on any atom is 0.173 e. The van der Waals surface area contributed by atoms with Crippen molar-refractivity contribution >= 4 is 11.6 Å². The Morgan fingerprint density at radius 3 is 2.61 bits per heavy atom. The van der Waals surface area contributed by atoms with E-state index in [1.807, 2.05) is 6.92 Å². The standard InChI is InChI=1S/C20H27FO2/c1-11-8-12-9-13(22)4-6-19(12,2)14-5-7-20(3)15(17(11)14)10-16(21)18(20)23/h12,14-17H,1,4-10H2,2-3H3. The lowest BCUT2D eigenvalue weighted by atomic mass is 9.44. The van der Waals surface area contributed by atoms with Crippen LogP contribution in [0, 0.1) is 34.5 Å². The Bertz CT molecular complexity index is 596. The van der Waals surface area contributed by atoms with Crippen molar-refractivity contribution in [2.45, 2.75) is 65.0 Å². The van der Waals surface area contributed by atoms with Gasteiger partial charge in [-0.2, -0.15) is 0 Å². The van der Waals surface area contributed by atoms with Crippen molar-refractivity contribution in [1.82, 2.24) is 0 Å². The molecule has 0 aromatic rings. The van der Waals surface area contributed by atoms with E-state index in [4.69, 9.17) is 0 Å². The summed E-state index contributed by atoms with van der Waals surface area (Å²) in [6, 6.07) is 0. The van der Waals surface area contributed by atoms with Gasteiger partial charge in [0.05, 0.1) is 0 Å². The summed E-state index contributed by atoms with van der Waals surface area (Å²) in [6.45, 7) is 8.68. The zero-order chi connectivity index (χ0) is 16.6. The molecule has 0 aliphatic heterocycles. The van der Waals surface area contributed by atoms with Gasteiger partial charge in [0, 0.05) is 18.3 Å². The number of rotatable bonds is 0. The van der Waals surface area contributed by atoms with Crippen LogP contribution in [0.5, 0.6) is 0 Å². The van der Waals surface area contributed by atoms with Crippen LogP contribution in [0.1, 0.15) is 58.8 Å². The molecule has 0 saturated heterocycles. The summed E-state index contributed by atoms with van der Waals surface area (Å²) >= 11 is 0. The number of alkyl halides is 1. The second kappa shape index (κ2) is 4.77. The molecule has 23 heavy (non-hydrogen) atoms. The molecule has 3 heteroatoms. The smallest absolute Gasteiger partial charge is 0.173 e. The molecule has 0 radical (unpaired) electrons. The van der Waals surface area contributed by atoms with Crippen LogP contribution < -0.4 is 0 Å². The van der Waals surface area contributed by atoms with Gasteiger partial charge in [-0.15, -0.1) is 0 Å². The van der Waals surface area contributed by atoms with Crippen LogP contribution in [0.25, 0.3) is 0 Å². The molecule has 4 aliphatic carbocycles. The van der Waals surface area contributed by atoms with E-state index in [-0.39, 0.29) is 23.0 Å². The van der Waals surface area contributed by atoms with E-state index in [9.17, 15) is 14.0 Å². The summed E-state index contributed by atoms with van der Waals surface area (Å²) in [7, 11) is 0. The Hall–Kier alpha value is -0.990. The van der Waals surface area contributed by atoms with Crippen molar-refractivity contribution in [2.75, 3.05) is 0 Å². The van der Waals surface area contributed by atoms with Gasteiger partial charge in [0.1, 0.15) is 5.78 Å². The fourth-order valence-electron chi connectivity index (χ4n) is 6.68.